The molecule has 0 atom stereocenters. The number of nitrogens with zero attached hydrogens (tertiary/aromatic N) is 2. The van der Waals surface area contributed by atoms with Gasteiger partial charge in [-0.25, -0.2) is 18.4 Å². The number of fused-ring (bicyclic) bond motifs is 1. The largest absolute Gasteiger partial charge is 0.497 e. The van der Waals surface area contributed by atoms with Crippen LogP contribution in [-0.4, -0.2) is 37.2 Å². The number of carbonyl (C=O) groups excluding carboxylic acids is 1. The maximum Gasteiger partial charge on any atom is 0.261 e. The number of thioether (sulfide) groups is 1. The standard InChI is InChI=1S/C21H16Cl2N4O5S2/c1-31-14-4-2-13(3-5-14)27-34(29,30)15-6-7-18-17(9-15)25-21(32-18)33-11-19(28)26-20-16(23)8-12(22)10-24-20/h2-10,27H,11H2,1H3,(H,24,26,28). The minimum atomic E-state index is -3.85. The lowest BCUT2D eigenvalue weighted by molar-refractivity contribution is -0.113. The van der Waals surface area contributed by atoms with Crippen LogP contribution in [0.1, 0.15) is 0 Å². The first-order valence-electron chi connectivity index (χ1n) is 9.55. The monoisotopic (exact) mass is 538 g/mol. The number of ether oxygens (including phenoxy) is 1. The maximum absolute atomic E-state index is 12.8. The van der Waals surface area contributed by atoms with E-state index in [1.165, 1.54) is 37.6 Å². The predicted molar refractivity (Wildman–Crippen MR) is 131 cm³/mol. The number of pyridine rings is 1. The lowest BCUT2D eigenvalue weighted by Gasteiger charge is -2.08. The number of halogens is 2. The van der Waals surface area contributed by atoms with Crippen molar-refractivity contribution in [3.8, 4) is 5.75 Å². The lowest BCUT2D eigenvalue weighted by Crippen LogP contribution is -2.15. The highest BCUT2D eigenvalue weighted by molar-refractivity contribution is 7.99. The number of sulfonamides is 1. The van der Waals surface area contributed by atoms with Crippen LogP contribution in [0, 0.1) is 0 Å². The molecule has 2 N–H and O–H groups in total. The summed E-state index contributed by atoms with van der Waals surface area (Å²) in [5, 5.41) is 3.34. The van der Waals surface area contributed by atoms with Gasteiger partial charge < -0.3 is 14.5 Å². The van der Waals surface area contributed by atoms with Gasteiger partial charge >= 0.3 is 0 Å². The molecule has 9 nitrogen and oxygen atoms in total. The fourth-order valence-corrected chi connectivity index (χ4v) is 4.93. The fourth-order valence-electron chi connectivity index (χ4n) is 2.79. The molecule has 176 valence electrons. The minimum Gasteiger partial charge on any atom is -0.497 e. The third-order valence-electron chi connectivity index (χ3n) is 4.38. The molecule has 34 heavy (non-hydrogen) atoms. The summed E-state index contributed by atoms with van der Waals surface area (Å²) in [5.74, 6) is 0.389. The number of carbonyl (C=O) groups is 1. The first kappa shape index (κ1) is 24.1. The Balaban J connectivity index is 1.43. The van der Waals surface area contributed by atoms with E-state index in [1.54, 1.807) is 24.3 Å². The van der Waals surface area contributed by atoms with Gasteiger partial charge in [0.1, 0.15) is 11.3 Å². The van der Waals surface area contributed by atoms with Gasteiger partial charge in [0.2, 0.25) is 5.91 Å². The molecular formula is C21H16Cl2N4O5S2. The Hall–Kier alpha value is -2.99. The molecule has 2 heterocycles. The molecule has 0 aliphatic heterocycles. The van der Waals surface area contributed by atoms with Crippen molar-refractivity contribution in [3.05, 3.63) is 64.8 Å². The highest BCUT2D eigenvalue weighted by Crippen LogP contribution is 2.27. The molecule has 0 fully saturated rings. The summed E-state index contributed by atoms with van der Waals surface area (Å²) >= 11 is 12.8. The normalized spacial score (nSPS) is 11.4. The smallest absolute Gasteiger partial charge is 0.261 e. The molecule has 2 aromatic heterocycles. The fraction of sp³-hybridized carbons (Fsp3) is 0.0952. The Morgan fingerprint density at radius 3 is 2.62 bits per heavy atom. The zero-order valence-electron chi connectivity index (χ0n) is 17.4. The van der Waals surface area contributed by atoms with Crippen LogP contribution in [-0.2, 0) is 14.8 Å². The van der Waals surface area contributed by atoms with Crippen molar-refractivity contribution in [2.45, 2.75) is 10.1 Å². The van der Waals surface area contributed by atoms with Gasteiger partial charge in [-0.05, 0) is 48.5 Å². The van der Waals surface area contributed by atoms with Gasteiger partial charge in [0.05, 0.1) is 27.8 Å². The summed E-state index contributed by atoms with van der Waals surface area (Å²) in [5.41, 5.74) is 1.11. The third-order valence-corrected chi connectivity index (χ3v) is 7.09. The molecule has 4 rings (SSSR count). The van der Waals surface area contributed by atoms with Crippen LogP contribution >= 0.6 is 35.0 Å². The summed E-state index contributed by atoms with van der Waals surface area (Å²) in [6, 6.07) is 12.3. The number of hydrogen-bond donors (Lipinski definition) is 2. The summed E-state index contributed by atoms with van der Waals surface area (Å²) in [6.07, 6.45) is 1.37. The molecular weight excluding hydrogens is 523 g/mol. The molecule has 0 aliphatic carbocycles. The highest BCUT2D eigenvalue weighted by Gasteiger charge is 2.18. The topological polar surface area (TPSA) is 123 Å². The zero-order chi connectivity index (χ0) is 24.3. The molecule has 0 spiro atoms. The number of hydrogen-bond acceptors (Lipinski definition) is 8. The molecule has 0 bridgehead atoms. The lowest BCUT2D eigenvalue weighted by atomic mass is 10.3. The Bertz CT molecular complexity index is 1460. The number of amides is 1. The van der Waals surface area contributed by atoms with E-state index >= 15 is 0 Å². The second kappa shape index (κ2) is 10.1. The van der Waals surface area contributed by atoms with Crippen molar-refractivity contribution in [2.75, 3.05) is 22.9 Å². The predicted octanol–water partition coefficient (Wildman–Crippen LogP) is 5.07. The quantitative estimate of drug-likeness (QED) is 0.298. The SMILES string of the molecule is COc1ccc(NS(=O)(=O)c2ccc3oc(SCC(=O)Nc4ncc(Cl)cc4Cl)nc3c2)cc1. The van der Waals surface area contributed by atoms with E-state index in [-0.39, 0.29) is 32.6 Å². The van der Waals surface area contributed by atoms with Crippen molar-refractivity contribution in [2.24, 2.45) is 0 Å². The van der Waals surface area contributed by atoms with E-state index < -0.39 is 10.0 Å². The Morgan fingerprint density at radius 2 is 1.91 bits per heavy atom. The summed E-state index contributed by atoms with van der Waals surface area (Å²) < 4.78 is 38.7. The highest BCUT2D eigenvalue weighted by atomic mass is 35.5. The number of rotatable bonds is 8. The summed E-state index contributed by atoms with van der Waals surface area (Å²) in [4.78, 5) is 20.5. The number of oxazole rings is 1. The van der Waals surface area contributed by atoms with Crippen LogP contribution in [0.4, 0.5) is 11.5 Å². The maximum atomic E-state index is 12.8. The Morgan fingerprint density at radius 1 is 1.15 bits per heavy atom. The van der Waals surface area contributed by atoms with Crippen LogP contribution in [0.2, 0.25) is 10.0 Å². The minimum absolute atomic E-state index is 0.0156. The number of methoxy groups -OCH3 is 1. The van der Waals surface area contributed by atoms with E-state index in [4.69, 9.17) is 32.4 Å². The first-order chi connectivity index (χ1) is 16.2. The van der Waals surface area contributed by atoms with Gasteiger partial charge in [-0.2, -0.15) is 0 Å². The molecule has 4 aromatic rings. The van der Waals surface area contributed by atoms with Crippen molar-refractivity contribution in [1.29, 1.82) is 0 Å². The van der Waals surface area contributed by atoms with Crippen LogP contribution in [0.15, 0.2) is 69.3 Å². The van der Waals surface area contributed by atoms with Crippen molar-refractivity contribution < 1.29 is 22.4 Å². The average molecular weight is 539 g/mol. The molecule has 1 amide bonds. The van der Waals surface area contributed by atoms with E-state index in [0.717, 1.165) is 11.8 Å². The summed E-state index contributed by atoms with van der Waals surface area (Å²) in [7, 11) is -2.33. The van der Waals surface area contributed by atoms with Crippen molar-refractivity contribution >= 4 is 73.5 Å². The first-order valence-corrected chi connectivity index (χ1v) is 12.8. The average Bonchev–Trinajstić information content (AvgIpc) is 3.22. The van der Waals surface area contributed by atoms with Gasteiger partial charge in [-0.15, -0.1) is 0 Å². The molecule has 0 radical (unpaired) electrons. The van der Waals surface area contributed by atoms with E-state index in [9.17, 15) is 13.2 Å². The molecule has 0 unspecified atom stereocenters. The van der Waals surface area contributed by atoms with Crippen LogP contribution in [0.5, 0.6) is 5.75 Å². The molecule has 13 heteroatoms. The van der Waals surface area contributed by atoms with E-state index in [1.807, 2.05) is 0 Å². The van der Waals surface area contributed by atoms with Crippen LogP contribution in [0.25, 0.3) is 11.1 Å². The zero-order valence-corrected chi connectivity index (χ0v) is 20.6. The Kier molecular flexibility index (Phi) is 7.17. The van der Waals surface area contributed by atoms with E-state index in [2.05, 4.69) is 20.0 Å². The van der Waals surface area contributed by atoms with Crippen molar-refractivity contribution in [3.63, 3.8) is 0 Å². The van der Waals surface area contributed by atoms with E-state index in [0.29, 0.717) is 27.6 Å². The number of nitrogens with one attached hydrogen (secondary N) is 2. The molecule has 2 aromatic carbocycles. The number of aromatic nitrogens is 2. The van der Waals surface area contributed by atoms with Crippen LogP contribution in [0.3, 0.4) is 0 Å². The molecule has 0 saturated heterocycles. The molecule has 0 aliphatic rings. The van der Waals surface area contributed by atoms with Gasteiger partial charge in [-0.3, -0.25) is 9.52 Å². The van der Waals surface area contributed by atoms with Gasteiger partial charge in [0, 0.05) is 11.9 Å². The third kappa shape index (κ3) is 5.73. The summed E-state index contributed by atoms with van der Waals surface area (Å²) in [6.45, 7) is 0. The van der Waals surface area contributed by atoms with Gasteiger partial charge in [0.25, 0.3) is 15.2 Å². The second-order valence-corrected chi connectivity index (χ2v) is 10.2. The number of benzene rings is 2. The molecule has 0 saturated carbocycles. The van der Waals surface area contributed by atoms with Gasteiger partial charge in [0.15, 0.2) is 11.4 Å². The van der Waals surface area contributed by atoms with Crippen LogP contribution < -0.4 is 14.8 Å². The van der Waals surface area contributed by atoms with Crippen molar-refractivity contribution in [1.82, 2.24) is 9.97 Å². The Labute approximate surface area is 208 Å². The number of anilines is 2. The second-order valence-electron chi connectivity index (χ2n) is 6.76. The van der Waals surface area contributed by atoms with Gasteiger partial charge in [-0.1, -0.05) is 35.0 Å².